The summed E-state index contributed by atoms with van der Waals surface area (Å²) in [6, 6.07) is 0. The van der Waals surface area contributed by atoms with Gasteiger partial charge in [0, 0.05) is 31.0 Å². The molecule has 3 aliphatic rings. The van der Waals surface area contributed by atoms with Gasteiger partial charge in [-0.3, -0.25) is 9.59 Å². The molecular weight excluding hydrogens is 320 g/mol. The van der Waals surface area contributed by atoms with E-state index in [9.17, 15) is 14.7 Å². The smallest absolute Gasteiger partial charge is 0.236 e. The van der Waals surface area contributed by atoms with Gasteiger partial charge in [0.2, 0.25) is 11.8 Å². The van der Waals surface area contributed by atoms with Crippen molar-refractivity contribution >= 4 is 35.3 Å². The van der Waals surface area contributed by atoms with Gasteiger partial charge < -0.3 is 14.9 Å². The number of fused-ring (bicyclic) bond motifs is 1. The molecule has 0 saturated carbocycles. The Balaban J connectivity index is 1.54. The Morgan fingerprint density at radius 1 is 1.45 bits per heavy atom. The molecule has 0 aromatic heterocycles. The van der Waals surface area contributed by atoms with E-state index >= 15 is 0 Å². The fourth-order valence-electron chi connectivity index (χ4n) is 3.20. The number of β-lactam (4-membered cyclic amide) rings is 1. The van der Waals surface area contributed by atoms with E-state index < -0.39 is 6.10 Å². The van der Waals surface area contributed by atoms with Crippen molar-refractivity contribution in [3.05, 3.63) is 9.93 Å². The van der Waals surface area contributed by atoms with Gasteiger partial charge in [-0.05, 0) is 19.8 Å². The van der Waals surface area contributed by atoms with E-state index in [1.807, 2.05) is 23.6 Å². The molecule has 0 bridgehead atoms. The quantitative estimate of drug-likeness (QED) is 0.746. The molecule has 3 aliphatic heterocycles. The molecule has 0 aliphatic carbocycles. The Morgan fingerprint density at radius 3 is 2.86 bits per heavy atom. The highest BCUT2D eigenvalue weighted by Crippen LogP contribution is 2.53. The Bertz CT molecular complexity index is 523. The van der Waals surface area contributed by atoms with Crippen molar-refractivity contribution in [1.82, 2.24) is 9.80 Å². The van der Waals surface area contributed by atoms with Gasteiger partial charge in [-0.2, -0.15) is 0 Å². The van der Waals surface area contributed by atoms with Gasteiger partial charge in [0.15, 0.2) is 0 Å². The second kappa shape index (κ2) is 6.45. The van der Waals surface area contributed by atoms with E-state index in [1.165, 1.54) is 0 Å². The van der Waals surface area contributed by atoms with Gasteiger partial charge in [-0.25, -0.2) is 0 Å². The minimum Gasteiger partial charge on any atom is -0.392 e. The zero-order valence-electron chi connectivity index (χ0n) is 12.9. The topological polar surface area (TPSA) is 60.9 Å². The first-order valence-electron chi connectivity index (χ1n) is 7.83. The molecule has 0 unspecified atom stereocenters. The van der Waals surface area contributed by atoms with E-state index in [-0.39, 0.29) is 23.1 Å². The van der Waals surface area contributed by atoms with E-state index in [2.05, 4.69) is 0 Å². The minimum absolute atomic E-state index is 0.0506. The van der Waals surface area contributed by atoms with Crippen molar-refractivity contribution in [2.75, 3.05) is 18.8 Å². The summed E-state index contributed by atoms with van der Waals surface area (Å²) in [6.07, 6.45) is 1.73. The largest absolute Gasteiger partial charge is 0.392 e. The Kier molecular flexibility index (Phi) is 4.75. The lowest BCUT2D eigenvalue weighted by molar-refractivity contribution is -0.153. The molecule has 122 valence electrons. The molecule has 7 heteroatoms. The fourth-order valence-corrected chi connectivity index (χ4v) is 6.12. The van der Waals surface area contributed by atoms with E-state index in [4.69, 9.17) is 0 Å². The molecule has 2 saturated heterocycles. The highest BCUT2D eigenvalue weighted by atomic mass is 32.2. The molecule has 1 N–H and O–H groups in total. The third kappa shape index (κ3) is 2.67. The van der Waals surface area contributed by atoms with E-state index in [0.29, 0.717) is 12.8 Å². The highest BCUT2D eigenvalue weighted by Gasteiger charge is 2.55. The lowest BCUT2D eigenvalue weighted by atomic mass is 9.90. The highest BCUT2D eigenvalue weighted by molar-refractivity contribution is 8.22. The van der Waals surface area contributed by atoms with Crippen molar-refractivity contribution < 1.29 is 14.7 Å². The van der Waals surface area contributed by atoms with Gasteiger partial charge >= 0.3 is 0 Å². The number of thioether (sulfide) groups is 2. The Labute approximate surface area is 139 Å². The summed E-state index contributed by atoms with van der Waals surface area (Å²) in [5, 5.41) is 10.1. The first-order chi connectivity index (χ1) is 10.5. The number of aliphatic hydroxyl groups is 1. The van der Waals surface area contributed by atoms with Crippen LogP contribution < -0.4 is 0 Å². The zero-order valence-corrected chi connectivity index (χ0v) is 14.6. The van der Waals surface area contributed by atoms with Crippen molar-refractivity contribution in [1.29, 1.82) is 0 Å². The lowest BCUT2D eigenvalue weighted by Gasteiger charge is -2.44. The van der Waals surface area contributed by atoms with Crippen molar-refractivity contribution in [2.24, 2.45) is 5.92 Å². The molecule has 0 radical (unpaired) electrons. The molecule has 2 amide bonds. The van der Waals surface area contributed by atoms with Gasteiger partial charge in [-0.15, -0.1) is 11.8 Å². The average molecular weight is 342 g/mol. The number of amides is 2. The summed E-state index contributed by atoms with van der Waals surface area (Å²) >= 11 is 3.42. The SMILES string of the molecule is CC[C@H](O)[C@@H]1C(=O)N2C(C)=C(SCCN3CCCC3=O)S[C@H]12. The average Bonchev–Trinajstić information content (AvgIpc) is 3.01. The van der Waals surface area contributed by atoms with Crippen molar-refractivity contribution in [2.45, 2.75) is 44.6 Å². The van der Waals surface area contributed by atoms with Gasteiger partial charge in [0.05, 0.1) is 16.3 Å². The third-order valence-electron chi connectivity index (χ3n) is 4.57. The minimum atomic E-state index is -0.541. The number of hydrogen-bond acceptors (Lipinski definition) is 5. The van der Waals surface area contributed by atoms with Crippen LogP contribution in [0.5, 0.6) is 0 Å². The third-order valence-corrected chi connectivity index (χ3v) is 7.41. The maximum atomic E-state index is 12.2. The maximum absolute atomic E-state index is 12.2. The number of aliphatic hydroxyl groups excluding tert-OH is 1. The van der Waals surface area contributed by atoms with Crippen LogP contribution in [0.15, 0.2) is 9.93 Å². The molecule has 0 aromatic rings. The van der Waals surface area contributed by atoms with Gasteiger partial charge in [0.1, 0.15) is 5.37 Å². The van der Waals surface area contributed by atoms with Crippen LogP contribution >= 0.6 is 23.5 Å². The molecule has 2 fully saturated rings. The first kappa shape index (κ1) is 16.2. The van der Waals surface area contributed by atoms with Crippen LogP contribution in [-0.2, 0) is 9.59 Å². The van der Waals surface area contributed by atoms with Crippen LogP contribution in [0.2, 0.25) is 0 Å². The first-order valence-corrected chi connectivity index (χ1v) is 9.70. The van der Waals surface area contributed by atoms with Crippen LogP contribution in [0.1, 0.15) is 33.1 Å². The number of rotatable bonds is 6. The molecule has 0 aromatic carbocycles. The number of nitrogens with zero attached hydrogens (tertiary/aromatic N) is 2. The number of carbonyl (C=O) groups is 2. The molecule has 22 heavy (non-hydrogen) atoms. The summed E-state index contributed by atoms with van der Waals surface area (Å²) in [5.41, 5.74) is 1.01. The van der Waals surface area contributed by atoms with Crippen LogP contribution in [0.3, 0.4) is 0 Å². The predicted molar refractivity (Wildman–Crippen MR) is 89.0 cm³/mol. The molecule has 5 nitrogen and oxygen atoms in total. The molecular formula is C15H22N2O3S2. The lowest BCUT2D eigenvalue weighted by Crippen LogP contribution is -2.60. The van der Waals surface area contributed by atoms with Crippen LogP contribution in [-0.4, -0.2) is 57.0 Å². The second-order valence-corrected chi connectivity index (χ2v) is 8.41. The standard InChI is InChI=1S/C15H22N2O3S2/c1-3-10(18)12-13(20)17-9(2)15(22-14(12)17)21-8-7-16-6-4-5-11(16)19/h10,12,14,18H,3-8H2,1-2H3/t10-,12+,14+/m0/s1. The van der Waals surface area contributed by atoms with Crippen molar-refractivity contribution in [3.8, 4) is 0 Å². The molecule has 3 heterocycles. The number of hydrogen-bond donors (Lipinski definition) is 1. The number of likely N-dealkylation sites (tertiary alicyclic amines) is 1. The monoisotopic (exact) mass is 342 g/mol. The normalized spacial score (nSPS) is 29.2. The summed E-state index contributed by atoms with van der Waals surface area (Å²) in [7, 11) is 0. The second-order valence-electron chi connectivity index (χ2n) is 5.92. The molecule has 0 spiro atoms. The van der Waals surface area contributed by atoms with Crippen LogP contribution in [0.25, 0.3) is 0 Å². The Hall–Kier alpha value is -0.660. The van der Waals surface area contributed by atoms with Gasteiger partial charge in [0.25, 0.3) is 0 Å². The number of allylic oxidation sites excluding steroid dienone is 1. The molecule has 3 atom stereocenters. The van der Waals surface area contributed by atoms with Crippen LogP contribution in [0.4, 0.5) is 0 Å². The van der Waals surface area contributed by atoms with E-state index in [1.54, 1.807) is 23.5 Å². The summed E-state index contributed by atoms with van der Waals surface area (Å²) in [6.45, 7) is 5.54. The molecule has 3 rings (SSSR count). The maximum Gasteiger partial charge on any atom is 0.236 e. The predicted octanol–water partition coefficient (Wildman–Crippen LogP) is 1.83. The zero-order chi connectivity index (χ0) is 15.9. The summed E-state index contributed by atoms with van der Waals surface area (Å²) in [4.78, 5) is 27.5. The van der Waals surface area contributed by atoms with Crippen LogP contribution in [0, 0.1) is 5.92 Å². The Morgan fingerprint density at radius 2 is 2.23 bits per heavy atom. The van der Waals surface area contributed by atoms with E-state index in [0.717, 1.165) is 35.2 Å². The van der Waals surface area contributed by atoms with Crippen molar-refractivity contribution in [3.63, 3.8) is 0 Å². The summed E-state index contributed by atoms with van der Waals surface area (Å²) < 4.78 is 1.16. The summed E-state index contributed by atoms with van der Waals surface area (Å²) in [5.74, 6) is 0.912. The van der Waals surface area contributed by atoms with Gasteiger partial charge in [-0.1, -0.05) is 18.7 Å². The number of carbonyl (C=O) groups excluding carboxylic acids is 2. The fraction of sp³-hybridized carbons (Fsp3) is 0.733.